The second-order valence-corrected chi connectivity index (χ2v) is 8.80. The molecule has 1 unspecified atom stereocenters. The molecule has 0 radical (unpaired) electrons. The summed E-state index contributed by atoms with van der Waals surface area (Å²) in [6.45, 7) is 7.00. The molecule has 0 saturated carbocycles. The topological polar surface area (TPSA) is 76.9 Å². The van der Waals surface area contributed by atoms with E-state index in [0.717, 1.165) is 62.2 Å². The van der Waals surface area contributed by atoms with Gasteiger partial charge in [0.05, 0.1) is 16.8 Å². The zero-order chi connectivity index (χ0) is 21.2. The number of pyridine rings is 2. The number of nitrogens with one attached hydrogen (secondary N) is 2. The summed E-state index contributed by atoms with van der Waals surface area (Å²) in [7, 11) is 0. The second kappa shape index (κ2) is 8.62. The molecule has 0 bridgehead atoms. The number of piperidine rings is 1. The van der Waals surface area contributed by atoms with Crippen LogP contribution in [0.4, 0.5) is 5.69 Å². The van der Waals surface area contributed by atoms with Crippen molar-refractivity contribution in [2.75, 3.05) is 24.5 Å². The minimum atomic E-state index is 0.394. The van der Waals surface area contributed by atoms with Gasteiger partial charge in [0, 0.05) is 68.2 Å². The molecule has 0 amide bonds. The molecule has 158 valence electrons. The van der Waals surface area contributed by atoms with E-state index in [1.165, 1.54) is 16.9 Å². The van der Waals surface area contributed by atoms with Crippen molar-refractivity contribution in [3.63, 3.8) is 0 Å². The van der Waals surface area contributed by atoms with Gasteiger partial charge in [0.25, 0.3) is 0 Å². The predicted octanol–water partition coefficient (Wildman–Crippen LogP) is 3.15. The van der Waals surface area contributed by atoms with Crippen LogP contribution in [0.2, 0.25) is 0 Å². The molecule has 2 aliphatic rings. The number of nitrogens with zero attached hydrogens (tertiary/aromatic N) is 4. The molecule has 4 heterocycles. The number of hydrogen-bond donors (Lipinski definition) is 2. The van der Waals surface area contributed by atoms with Crippen LogP contribution in [0, 0.1) is 17.2 Å². The monoisotopic (exact) mass is 412 g/mol. The largest absolute Gasteiger partial charge is 0.369 e. The summed E-state index contributed by atoms with van der Waals surface area (Å²) in [4.78, 5) is 11.8. The average molecular weight is 413 g/mol. The van der Waals surface area contributed by atoms with Gasteiger partial charge in [-0.1, -0.05) is 13.0 Å². The maximum atomic E-state index is 9.45. The summed E-state index contributed by atoms with van der Waals surface area (Å²) in [5, 5.41) is 17.7. The first-order valence-corrected chi connectivity index (χ1v) is 11.2. The van der Waals surface area contributed by atoms with E-state index in [0.29, 0.717) is 17.5 Å². The van der Waals surface area contributed by atoms with Gasteiger partial charge in [-0.3, -0.25) is 9.97 Å². The van der Waals surface area contributed by atoms with Gasteiger partial charge < -0.3 is 15.5 Å². The predicted molar refractivity (Wildman–Crippen MR) is 123 cm³/mol. The van der Waals surface area contributed by atoms with E-state index >= 15 is 0 Å². The molecular formula is C25H28N6. The Hall–Kier alpha value is -3.01. The maximum absolute atomic E-state index is 9.45. The lowest BCUT2D eigenvalue weighted by Crippen LogP contribution is -2.48. The van der Waals surface area contributed by atoms with Crippen LogP contribution >= 0.6 is 0 Å². The Bertz CT molecular complexity index is 1130. The Kier molecular flexibility index (Phi) is 5.54. The summed E-state index contributed by atoms with van der Waals surface area (Å²) < 4.78 is 0. The summed E-state index contributed by atoms with van der Waals surface area (Å²) in [5.74, 6) is 0.580. The lowest BCUT2D eigenvalue weighted by atomic mass is 9.94. The average Bonchev–Trinajstić information content (AvgIpc) is 2.81. The quantitative estimate of drug-likeness (QED) is 0.686. The smallest absolute Gasteiger partial charge is 0.101 e. The summed E-state index contributed by atoms with van der Waals surface area (Å²) in [5.41, 5.74) is 6.28. The number of hydrogen-bond acceptors (Lipinski definition) is 6. The number of rotatable bonds is 4. The van der Waals surface area contributed by atoms with E-state index in [2.05, 4.69) is 57.8 Å². The third kappa shape index (κ3) is 4.12. The molecular weight excluding hydrogens is 384 g/mol. The first kappa shape index (κ1) is 19.9. The Labute approximate surface area is 183 Å². The Balaban J connectivity index is 1.33. The van der Waals surface area contributed by atoms with Crippen molar-refractivity contribution < 1.29 is 0 Å². The summed E-state index contributed by atoms with van der Waals surface area (Å²) in [6.07, 6.45) is 3.92. The van der Waals surface area contributed by atoms with Crippen molar-refractivity contribution in [3.05, 3.63) is 65.1 Å². The van der Waals surface area contributed by atoms with Gasteiger partial charge in [0.2, 0.25) is 0 Å². The fourth-order valence-corrected chi connectivity index (χ4v) is 4.95. The van der Waals surface area contributed by atoms with Gasteiger partial charge >= 0.3 is 0 Å². The standard InChI is InChI=1S/C25H28N6/c1-17-11-21(29-14-20-6-4-19-13-27-10-8-23(19)30-20)16-31(15-17)24-7-5-18(12-26)25-22(24)3-2-9-28-25/h2-7,9,17,21,27,29H,8,10-11,13-16H2,1H3/t17?,21-/m1/s1. The van der Waals surface area contributed by atoms with Crippen LogP contribution in [0.1, 0.15) is 35.9 Å². The maximum Gasteiger partial charge on any atom is 0.101 e. The minimum Gasteiger partial charge on any atom is -0.369 e. The molecule has 6 nitrogen and oxygen atoms in total. The second-order valence-electron chi connectivity index (χ2n) is 8.80. The number of nitriles is 1. The fraction of sp³-hybridized carbons (Fsp3) is 0.400. The lowest BCUT2D eigenvalue weighted by molar-refractivity contribution is 0.349. The lowest BCUT2D eigenvalue weighted by Gasteiger charge is -2.39. The van der Waals surface area contributed by atoms with E-state index in [-0.39, 0.29) is 0 Å². The fourth-order valence-electron chi connectivity index (χ4n) is 4.95. The van der Waals surface area contributed by atoms with Gasteiger partial charge in [-0.25, -0.2) is 0 Å². The van der Waals surface area contributed by atoms with Crippen LogP contribution in [0.15, 0.2) is 42.6 Å². The first-order chi connectivity index (χ1) is 15.2. The number of aromatic nitrogens is 2. The highest BCUT2D eigenvalue weighted by Crippen LogP contribution is 2.31. The Morgan fingerprint density at radius 1 is 1.23 bits per heavy atom. The zero-order valence-corrected chi connectivity index (χ0v) is 17.9. The Morgan fingerprint density at radius 2 is 2.16 bits per heavy atom. The van der Waals surface area contributed by atoms with Crippen LogP contribution in [-0.2, 0) is 19.5 Å². The van der Waals surface area contributed by atoms with E-state index in [1.54, 1.807) is 6.20 Å². The summed E-state index contributed by atoms with van der Waals surface area (Å²) >= 11 is 0. The molecule has 1 saturated heterocycles. The molecule has 2 atom stereocenters. The first-order valence-electron chi connectivity index (χ1n) is 11.2. The Morgan fingerprint density at radius 3 is 3.06 bits per heavy atom. The van der Waals surface area contributed by atoms with Crippen LogP contribution in [0.3, 0.4) is 0 Å². The van der Waals surface area contributed by atoms with Crippen LogP contribution in [0.25, 0.3) is 10.9 Å². The minimum absolute atomic E-state index is 0.394. The van der Waals surface area contributed by atoms with E-state index in [9.17, 15) is 5.26 Å². The third-order valence-electron chi connectivity index (χ3n) is 6.42. The molecule has 1 aromatic carbocycles. The van der Waals surface area contributed by atoms with Gasteiger partial charge in [-0.2, -0.15) is 5.26 Å². The van der Waals surface area contributed by atoms with Crippen molar-refractivity contribution >= 4 is 16.6 Å². The van der Waals surface area contributed by atoms with E-state index < -0.39 is 0 Å². The normalized spacial score (nSPS) is 21.0. The SMILES string of the molecule is CC1C[C@@H](NCc2ccc3c(n2)CCNC3)CN(c2ccc(C#N)c3ncccc23)C1. The molecule has 2 N–H and O–H groups in total. The molecule has 0 aliphatic carbocycles. The molecule has 0 spiro atoms. The van der Waals surface area contributed by atoms with E-state index in [1.807, 2.05) is 12.1 Å². The highest BCUT2D eigenvalue weighted by Gasteiger charge is 2.26. The van der Waals surface area contributed by atoms with E-state index in [4.69, 9.17) is 4.98 Å². The highest BCUT2D eigenvalue weighted by atomic mass is 15.2. The van der Waals surface area contributed by atoms with Crippen molar-refractivity contribution in [2.24, 2.45) is 5.92 Å². The molecule has 2 aliphatic heterocycles. The van der Waals surface area contributed by atoms with Crippen molar-refractivity contribution in [1.82, 2.24) is 20.6 Å². The van der Waals surface area contributed by atoms with Gasteiger partial charge in [0.15, 0.2) is 0 Å². The van der Waals surface area contributed by atoms with Gasteiger partial charge in [0.1, 0.15) is 6.07 Å². The highest BCUT2D eigenvalue weighted by molar-refractivity contribution is 5.95. The van der Waals surface area contributed by atoms with Crippen molar-refractivity contribution in [1.29, 1.82) is 5.26 Å². The van der Waals surface area contributed by atoms with Gasteiger partial charge in [-0.05, 0) is 48.2 Å². The van der Waals surface area contributed by atoms with Crippen LogP contribution < -0.4 is 15.5 Å². The zero-order valence-electron chi connectivity index (χ0n) is 17.9. The number of fused-ring (bicyclic) bond motifs is 2. The number of benzene rings is 1. The van der Waals surface area contributed by atoms with Crippen LogP contribution in [-0.4, -0.2) is 35.6 Å². The molecule has 1 fully saturated rings. The summed E-state index contributed by atoms with van der Waals surface area (Å²) in [6, 6.07) is 15.1. The van der Waals surface area contributed by atoms with Crippen molar-refractivity contribution in [2.45, 2.75) is 38.9 Å². The molecule has 6 heteroatoms. The number of anilines is 1. The molecule has 2 aromatic heterocycles. The molecule has 31 heavy (non-hydrogen) atoms. The van der Waals surface area contributed by atoms with Crippen LogP contribution in [0.5, 0.6) is 0 Å². The molecule has 3 aromatic rings. The van der Waals surface area contributed by atoms with Gasteiger partial charge in [-0.15, -0.1) is 0 Å². The third-order valence-corrected chi connectivity index (χ3v) is 6.42. The molecule has 5 rings (SSSR count). The van der Waals surface area contributed by atoms with Crippen molar-refractivity contribution in [3.8, 4) is 6.07 Å².